The lowest BCUT2D eigenvalue weighted by Crippen LogP contribution is -2.53. The second kappa shape index (κ2) is 13.5. The molecule has 6 rings (SSSR count). The van der Waals surface area contributed by atoms with Crippen molar-refractivity contribution in [3.8, 4) is 0 Å². The molecule has 0 saturated heterocycles. The van der Waals surface area contributed by atoms with E-state index in [1.165, 1.54) is 19.5 Å². The number of fused-ring (bicyclic) bond motifs is 1. The number of nitrogens with zero attached hydrogens (tertiary/aromatic N) is 3. The maximum atomic E-state index is 13.6. The number of aromatic nitrogens is 3. The van der Waals surface area contributed by atoms with Gasteiger partial charge in [0, 0.05) is 36.9 Å². The summed E-state index contributed by atoms with van der Waals surface area (Å²) < 4.78 is 7.20. The smallest absolute Gasteiger partial charge is 0.323 e. The minimum Gasteiger partial charge on any atom is -0.468 e. The van der Waals surface area contributed by atoms with Crippen LogP contribution in [0.3, 0.4) is 0 Å². The van der Waals surface area contributed by atoms with Gasteiger partial charge in [-0.1, -0.05) is 114 Å². The second-order valence-electron chi connectivity index (χ2n) is 10.6. The van der Waals surface area contributed by atoms with Crippen molar-refractivity contribution in [3.05, 3.63) is 166 Å². The van der Waals surface area contributed by atoms with Gasteiger partial charge in [0.25, 0.3) is 5.91 Å². The highest BCUT2D eigenvalue weighted by atomic mass is 35.5. The number of imidazole rings is 1. The third-order valence-electron chi connectivity index (χ3n) is 7.87. The number of methoxy groups -OCH3 is 1. The number of anilines is 1. The Bertz CT molecular complexity index is 1870. The van der Waals surface area contributed by atoms with Crippen molar-refractivity contribution >= 4 is 46.4 Å². The maximum Gasteiger partial charge on any atom is 0.323 e. The molecular weight excluding hydrogens is 621 g/mol. The first kappa shape index (κ1) is 31.0. The molecule has 3 aromatic carbocycles. The lowest BCUT2D eigenvalue weighted by atomic mass is 9.76. The quantitative estimate of drug-likeness (QED) is 0.123. The van der Waals surface area contributed by atoms with Crippen molar-refractivity contribution < 1.29 is 14.3 Å². The van der Waals surface area contributed by atoms with Gasteiger partial charge in [-0.3, -0.25) is 19.9 Å². The third kappa shape index (κ3) is 5.98. The molecule has 0 spiro atoms. The summed E-state index contributed by atoms with van der Waals surface area (Å²) in [6.07, 6.45) is 6.36. The lowest BCUT2D eigenvalue weighted by Gasteiger charge is -2.39. The number of benzene rings is 3. The summed E-state index contributed by atoms with van der Waals surface area (Å²) in [5.74, 6) is -0.928. The van der Waals surface area contributed by atoms with Crippen LogP contribution in [0, 0.1) is 0 Å². The van der Waals surface area contributed by atoms with E-state index in [0.29, 0.717) is 11.3 Å². The summed E-state index contributed by atoms with van der Waals surface area (Å²) in [5, 5.41) is 6.86. The summed E-state index contributed by atoms with van der Waals surface area (Å²) in [6.45, 7) is 0. The van der Waals surface area contributed by atoms with Crippen molar-refractivity contribution in [1.29, 1.82) is 0 Å². The van der Waals surface area contributed by atoms with Gasteiger partial charge >= 0.3 is 5.97 Å². The average Bonchev–Trinajstić information content (AvgIpc) is 3.59. The highest BCUT2D eigenvalue weighted by Crippen LogP contribution is 2.38. The molecule has 1 amide bonds. The molecule has 0 saturated carbocycles. The fourth-order valence-corrected chi connectivity index (χ4v) is 6.30. The summed E-state index contributed by atoms with van der Waals surface area (Å²) >= 11 is 12.4. The molecule has 0 radical (unpaired) electrons. The highest BCUT2D eigenvalue weighted by molar-refractivity contribution is 6.40. The van der Waals surface area contributed by atoms with Crippen molar-refractivity contribution in [2.24, 2.45) is 0 Å². The third-order valence-corrected chi connectivity index (χ3v) is 8.45. The number of nitrogens with one attached hydrogen (secondary N) is 2. The highest BCUT2D eigenvalue weighted by Gasteiger charge is 2.40. The van der Waals surface area contributed by atoms with E-state index in [0.717, 1.165) is 22.4 Å². The van der Waals surface area contributed by atoms with E-state index in [-0.39, 0.29) is 22.0 Å². The van der Waals surface area contributed by atoms with Crippen LogP contribution in [0.2, 0.25) is 10.0 Å². The van der Waals surface area contributed by atoms with Crippen LogP contribution in [-0.4, -0.2) is 39.4 Å². The fourth-order valence-electron chi connectivity index (χ4n) is 5.77. The fraction of sp³-hybridized carbons (Fsp3) is 0.111. The van der Waals surface area contributed by atoms with Crippen LogP contribution in [0.15, 0.2) is 128 Å². The molecule has 0 unspecified atom stereocenters. The van der Waals surface area contributed by atoms with E-state index in [1.54, 1.807) is 18.5 Å². The zero-order valence-corrected chi connectivity index (χ0v) is 26.2. The average molecular weight is 651 g/mol. The van der Waals surface area contributed by atoms with E-state index < -0.39 is 23.5 Å². The zero-order chi connectivity index (χ0) is 32.1. The van der Waals surface area contributed by atoms with Crippen LogP contribution in [0.1, 0.15) is 32.7 Å². The number of carbonyl (C=O) groups is 2. The number of amides is 1. The molecule has 0 fully saturated rings. The summed E-state index contributed by atoms with van der Waals surface area (Å²) in [5.41, 5.74) is 3.77. The van der Waals surface area contributed by atoms with E-state index in [4.69, 9.17) is 27.9 Å². The predicted octanol–water partition coefficient (Wildman–Crippen LogP) is 6.95. The molecule has 46 heavy (non-hydrogen) atoms. The van der Waals surface area contributed by atoms with Crippen molar-refractivity contribution in [1.82, 2.24) is 19.7 Å². The maximum absolute atomic E-state index is 13.6. The Kier molecular flexibility index (Phi) is 9.12. The van der Waals surface area contributed by atoms with E-state index in [2.05, 4.69) is 20.6 Å². The molecule has 1 atom stereocenters. The molecule has 230 valence electrons. The van der Waals surface area contributed by atoms with Gasteiger partial charge in [0.2, 0.25) is 0 Å². The Morgan fingerprint density at radius 1 is 0.826 bits per heavy atom. The normalized spacial score (nSPS) is 12.1. The van der Waals surface area contributed by atoms with Crippen LogP contribution >= 0.6 is 23.2 Å². The van der Waals surface area contributed by atoms with Crippen LogP contribution in [-0.2, 0) is 21.5 Å². The largest absolute Gasteiger partial charge is 0.468 e. The Morgan fingerprint density at radius 2 is 1.37 bits per heavy atom. The monoisotopic (exact) mass is 649 g/mol. The van der Waals surface area contributed by atoms with Crippen molar-refractivity contribution in [2.75, 3.05) is 12.4 Å². The molecule has 3 aromatic heterocycles. The standard InChI is InChI=1S/C36H29Cl2N5O3/c1-46-35(45)31(42-36(24-11-5-2-6-12-24,25-13-7-3-8-14-25)26-15-9-4-10-16-26)21-27-17-18-30(33-40-19-20-43(27)33)41-34(44)32-28(37)22-39-23-29(32)38/h2-20,22-23,31,42H,21H2,1H3,(H,41,44)/t31-/m0/s1. The second-order valence-corrected chi connectivity index (χ2v) is 11.4. The van der Waals surface area contributed by atoms with Crippen LogP contribution < -0.4 is 10.6 Å². The number of esters is 1. The van der Waals surface area contributed by atoms with Gasteiger partial charge in [-0.05, 0) is 28.8 Å². The van der Waals surface area contributed by atoms with Gasteiger partial charge in [0.15, 0.2) is 5.65 Å². The number of hydrogen-bond acceptors (Lipinski definition) is 6. The van der Waals surface area contributed by atoms with Crippen molar-refractivity contribution in [3.63, 3.8) is 0 Å². The number of carbonyl (C=O) groups excluding carboxylic acids is 2. The number of halogens is 2. The van der Waals surface area contributed by atoms with Gasteiger partial charge in [0.05, 0.1) is 33.9 Å². The summed E-state index contributed by atoms with van der Waals surface area (Å²) in [4.78, 5) is 35.2. The van der Waals surface area contributed by atoms with Crippen LogP contribution in [0.25, 0.3) is 5.65 Å². The first-order valence-corrected chi connectivity index (χ1v) is 15.3. The minimum absolute atomic E-state index is 0.112. The van der Waals surface area contributed by atoms with Gasteiger partial charge in [-0.25, -0.2) is 4.98 Å². The van der Waals surface area contributed by atoms with Crippen LogP contribution in [0.5, 0.6) is 0 Å². The van der Waals surface area contributed by atoms with Crippen LogP contribution in [0.4, 0.5) is 5.69 Å². The van der Waals surface area contributed by atoms with Gasteiger partial charge < -0.3 is 14.5 Å². The Balaban J connectivity index is 1.41. The molecular formula is C36H29Cl2N5O3. The van der Waals surface area contributed by atoms with E-state index in [1.807, 2.05) is 101 Å². The molecule has 0 aliphatic rings. The first-order valence-electron chi connectivity index (χ1n) is 14.5. The van der Waals surface area contributed by atoms with Gasteiger partial charge in [-0.15, -0.1) is 0 Å². The Labute approximate surface area is 276 Å². The molecule has 10 heteroatoms. The number of rotatable bonds is 10. The Hall–Kier alpha value is -5.02. The summed E-state index contributed by atoms with van der Waals surface area (Å²) in [7, 11) is 1.38. The van der Waals surface area contributed by atoms with Crippen molar-refractivity contribution in [2.45, 2.75) is 18.0 Å². The predicted molar refractivity (Wildman–Crippen MR) is 179 cm³/mol. The molecule has 0 bridgehead atoms. The van der Waals surface area contributed by atoms with E-state index in [9.17, 15) is 9.59 Å². The molecule has 0 aliphatic carbocycles. The minimum atomic E-state index is -0.909. The molecule has 8 nitrogen and oxygen atoms in total. The lowest BCUT2D eigenvalue weighted by molar-refractivity contribution is -0.143. The molecule has 6 aromatic rings. The van der Waals surface area contributed by atoms with Gasteiger partial charge in [-0.2, -0.15) is 0 Å². The zero-order valence-electron chi connectivity index (χ0n) is 24.7. The SMILES string of the molecule is COC(=O)[C@H](Cc1ccc(NC(=O)c2c(Cl)cncc2Cl)c2nccn12)NC(c1ccccc1)(c1ccccc1)c1ccccc1. The number of hydrogen-bond donors (Lipinski definition) is 2. The number of pyridine rings is 2. The molecule has 3 heterocycles. The molecule has 0 aliphatic heterocycles. The van der Waals surface area contributed by atoms with Gasteiger partial charge in [0.1, 0.15) is 6.04 Å². The molecule has 2 N–H and O–H groups in total. The number of ether oxygens (including phenoxy) is 1. The topological polar surface area (TPSA) is 97.6 Å². The summed E-state index contributed by atoms with van der Waals surface area (Å²) in [6, 6.07) is 32.9. The Morgan fingerprint density at radius 3 is 1.89 bits per heavy atom. The van der Waals surface area contributed by atoms with E-state index >= 15 is 0 Å². The first-order chi connectivity index (χ1) is 22.4.